The highest BCUT2D eigenvalue weighted by molar-refractivity contribution is 6.08. The molecule has 3 N–H and O–H groups in total. The maximum Gasteiger partial charge on any atom is 0.250 e. The molecule has 0 saturated carbocycles. The van der Waals surface area contributed by atoms with Crippen LogP contribution in [0.1, 0.15) is 18.9 Å². The van der Waals surface area contributed by atoms with E-state index in [1.165, 1.54) is 17.6 Å². The van der Waals surface area contributed by atoms with Crippen molar-refractivity contribution in [1.82, 2.24) is 14.5 Å². The average molecular weight is 453 g/mol. The van der Waals surface area contributed by atoms with Crippen molar-refractivity contribution in [3.8, 4) is 22.4 Å². The first-order valence-electron chi connectivity index (χ1n) is 11.4. The highest BCUT2D eigenvalue weighted by Gasteiger charge is 2.23. The molecule has 0 saturated heterocycles. The fourth-order valence-corrected chi connectivity index (χ4v) is 4.78. The van der Waals surface area contributed by atoms with Gasteiger partial charge in [-0.3, -0.25) is 4.79 Å². The van der Waals surface area contributed by atoms with E-state index in [2.05, 4.69) is 56.6 Å². The monoisotopic (exact) mass is 452 g/mol. The van der Waals surface area contributed by atoms with Gasteiger partial charge in [-0.25, -0.2) is 9.97 Å². The molecule has 0 unspecified atom stereocenters. The van der Waals surface area contributed by atoms with Gasteiger partial charge in [0.2, 0.25) is 0 Å². The summed E-state index contributed by atoms with van der Waals surface area (Å²) in [6, 6.07) is 14.4. The van der Waals surface area contributed by atoms with E-state index >= 15 is 0 Å². The first-order valence-corrected chi connectivity index (χ1v) is 11.4. The second-order valence-electron chi connectivity index (χ2n) is 8.92. The average Bonchev–Trinajstić information content (AvgIpc) is 3.13. The second kappa shape index (κ2) is 8.33. The van der Waals surface area contributed by atoms with Crippen molar-refractivity contribution in [2.75, 3.05) is 29.5 Å². The number of hydrogen-bond donors (Lipinski definition) is 2. The summed E-state index contributed by atoms with van der Waals surface area (Å²) in [5.74, 6) is 0.266. The summed E-state index contributed by atoms with van der Waals surface area (Å²) in [4.78, 5) is 23.2. The summed E-state index contributed by atoms with van der Waals surface area (Å²) in [5, 5.41) is 3.71. The van der Waals surface area contributed by atoms with Crippen LogP contribution in [0.25, 0.3) is 33.4 Å². The van der Waals surface area contributed by atoms with E-state index < -0.39 is 0 Å². The van der Waals surface area contributed by atoms with Crippen molar-refractivity contribution in [3.63, 3.8) is 0 Å². The molecule has 0 atom stereocenters. The van der Waals surface area contributed by atoms with Crippen LogP contribution >= 0.6 is 0 Å². The standard InChI is InChI=1S/C27H28N6O/c1-16(2)27(34)31-20-10-7-17(8-11-20)24-22(23-25(28)29-15-30-26(23)33(24)4)19-9-12-21-18(14-19)6-5-13-32(21)3/h7-12,14-15H,1,5-6,13H2,2-4H3,(H,31,34)(H2,28,29,30). The van der Waals surface area contributed by atoms with Gasteiger partial charge in [0.05, 0.1) is 11.1 Å². The quantitative estimate of drug-likeness (QED) is 0.435. The number of rotatable bonds is 4. The van der Waals surface area contributed by atoms with Crippen LogP contribution in [0.2, 0.25) is 0 Å². The highest BCUT2D eigenvalue weighted by atomic mass is 16.1. The first-order chi connectivity index (χ1) is 16.3. The Bertz CT molecular complexity index is 1430. The van der Waals surface area contributed by atoms with Gasteiger partial charge in [0.1, 0.15) is 17.8 Å². The molecule has 2 aromatic carbocycles. The summed E-state index contributed by atoms with van der Waals surface area (Å²) in [6.45, 7) is 6.46. The number of aryl methyl sites for hydroxylation is 2. The van der Waals surface area contributed by atoms with Crippen LogP contribution in [-0.4, -0.2) is 34.0 Å². The third-order valence-corrected chi connectivity index (χ3v) is 6.52. The minimum atomic E-state index is -0.194. The van der Waals surface area contributed by atoms with Crippen molar-refractivity contribution in [3.05, 3.63) is 66.5 Å². The topological polar surface area (TPSA) is 89.1 Å². The third-order valence-electron chi connectivity index (χ3n) is 6.52. The highest BCUT2D eigenvalue weighted by Crippen LogP contribution is 2.43. The van der Waals surface area contributed by atoms with Gasteiger partial charge in [0.15, 0.2) is 0 Å². The summed E-state index contributed by atoms with van der Waals surface area (Å²) in [7, 11) is 4.14. The van der Waals surface area contributed by atoms with E-state index in [0.717, 1.165) is 52.8 Å². The number of nitrogens with zero attached hydrogens (tertiary/aromatic N) is 4. The predicted molar refractivity (Wildman–Crippen MR) is 139 cm³/mol. The minimum absolute atomic E-state index is 0.194. The molecule has 5 rings (SSSR count). The van der Waals surface area contributed by atoms with Crippen molar-refractivity contribution in [1.29, 1.82) is 0 Å². The SMILES string of the molecule is C=C(C)C(=O)Nc1ccc(-c2c(-c3ccc4c(c3)CCCN4C)c3c(N)ncnc3n2C)cc1. The maximum atomic E-state index is 12.0. The lowest BCUT2D eigenvalue weighted by Gasteiger charge is -2.28. The number of nitrogens with two attached hydrogens (primary N) is 1. The summed E-state index contributed by atoms with van der Waals surface area (Å²) in [5.41, 5.74) is 15.1. The van der Waals surface area contributed by atoms with E-state index in [1.807, 2.05) is 31.3 Å². The molecule has 1 aliphatic rings. The number of nitrogens with one attached hydrogen (secondary N) is 1. The normalized spacial score (nSPS) is 13.1. The largest absolute Gasteiger partial charge is 0.383 e. The van der Waals surface area contributed by atoms with Crippen LogP contribution in [0.3, 0.4) is 0 Å². The number of amides is 1. The Morgan fingerprint density at radius 1 is 1.09 bits per heavy atom. The Morgan fingerprint density at radius 2 is 1.82 bits per heavy atom. The number of aromatic nitrogens is 3. The Balaban J connectivity index is 1.69. The maximum absolute atomic E-state index is 12.0. The van der Waals surface area contributed by atoms with Gasteiger partial charge in [0, 0.05) is 43.2 Å². The summed E-state index contributed by atoms with van der Waals surface area (Å²) >= 11 is 0. The lowest BCUT2D eigenvalue weighted by molar-refractivity contribution is -0.112. The van der Waals surface area contributed by atoms with E-state index in [4.69, 9.17) is 5.73 Å². The van der Waals surface area contributed by atoms with Crippen molar-refractivity contribution in [2.24, 2.45) is 7.05 Å². The van der Waals surface area contributed by atoms with Crippen molar-refractivity contribution < 1.29 is 4.79 Å². The molecule has 1 amide bonds. The third kappa shape index (κ3) is 3.59. The molecule has 3 heterocycles. The number of anilines is 3. The van der Waals surface area contributed by atoms with Gasteiger partial charge < -0.3 is 20.5 Å². The zero-order valence-corrected chi connectivity index (χ0v) is 19.7. The van der Waals surface area contributed by atoms with E-state index in [0.29, 0.717) is 17.1 Å². The Kier molecular flexibility index (Phi) is 5.32. The number of carbonyl (C=O) groups excluding carboxylic acids is 1. The van der Waals surface area contributed by atoms with Crippen LogP contribution in [0, 0.1) is 0 Å². The van der Waals surface area contributed by atoms with Crippen molar-refractivity contribution >= 4 is 34.1 Å². The van der Waals surface area contributed by atoms with Gasteiger partial charge in [0.25, 0.3) is 5.91 Å². The first kappa shape index (κ1) is 21.7. The van der Waals surface area contributed by atoms with Crippen LogP contribution in [-0.2, 0) is 18.3 Å². The van der Waals surface area contributed by atoms with Crippen molar-refractivity contribution in [2.45, 2.75) is 19.8 Å². The number of hydrogen-bond acceptors (Lipinski definition) is 5. The van der Waals surface area contributed by atoms with Gasteiger partial charge in [-0.2, -0.15) is 0 Å². The summed E-state index contributed by atoms with van der Waals surface area (Å²) < 4.78 is 2.07. The van der Waals surface area contributed by atoms with Crippen LogP contribution in [0.4, 0.5) is 17.2 Å². The molecule has 7 nitrogen and oxygen atoms in total. The molecule has 0 bridgehead atoms. The van der Waals surface area contributed by atoms with Gasteiger partial charge in [-0.05, 0) is 60.7 Å². The molecule has 34 heavy (non-hydrogen) atoms. The van der Waals surface area contributed by atoms with Crippen LogP contribution in [0.5, 0.6) is 0 Å². The van der Waals surface area contributed by atoms with E-state index in [9.17, 15) is 4.79 Å². The molecule has 2 aromatic heterocycles. The van der Waals surface area contributed by atoms with Crippen LogP contribution in [0.15, 0.2) is 60.9 Å². The Labute approximate surface area is 198 Å². The van der Waals surface area contributed by atoms with Gasteiger partial charge >= 0.3 is 0 Å². The Hall–Kier alpha value is -4.13. The van der Waals surface area contributed by atoms with E-state index in [-0.39, 0.29) is 5.91 Å². The number of nitrogen functional groups attached to an aromatic ring is 1. The van der Waals surface area contributed by atoms with Gasteiger partial charge in [-0.15, -0.1) is 0 Å². The van der Waals surface area contributed by atoms with Gasteiger partial charge in [-0.1, -0.05) is 24.8 Å². The molecule has 0 spiro atoms. The van der Waals surface area contributed by atoms with Crippen LogP contribution < -0.4 is 16.0 Å². The molecule has 0 radical (unpaired) electrons. The lowest BCUT2D eigenvalue weighted by Crippen LogP contribution is -2.24. The molecule has 1 aliphatic heterocycles. The zero-order valence-electron chi connectivity index (χ0n) is 19.7. The fraction of sp³-hybridized carbons (Fsp3) is 0.222. The molecule has 172 valence electrons. The second-order valence-corrected chi connectivity index (χ2v) is 8.92. The molecule has 0 fully saturated rings. The predicted octanol–water partition coefficient (Wildman–Crippen LogP) is 4.78. The smallest absolute Gasteiger partial charge is 0.250 e. The number of fused-ring (bicyclic) bond motifs is 2. The number of carbonyl (C=O) groups is 1. The molecule has 4 aromatic rings. The lowest BCUT2D eigenvalue weighted by atomic mass is 9.93. The zero-order chi connectivity index (χ0) is 24.0. The Morgan fingerprint density at radius 3 is 2.56 bits per heavy atom. The molecular formula is C27H28N6O. The molecular weight excluding hydrogens is 424 g/mol. The summed E-state index contributed by atoms with van der Waals surface area (Å²) in [6.07, 6.45) is 3.69. The number of benzene rings is 2. The fourth-order valence-electron chi connectivity index (χ4n) is 4.78. The van der Waals surface area contributed by atoms with E-state index in [1.54, 1.807) is 6.92 Å². The molecule has 7 heteroatoms. The molecule has 0 aliphatic carbocycles. The minimum Gasteiger partial charge on any atom is -0.383 e.